The van der Waals surface area contributed by atoms with Gasteiger partial charge in [0.2, 0.25) is 0 Å². The van der Waals surface area contributed by atoms with E-state index in [0.717, 1.165) is 0 Å². The number of fused-ring (bicyclic) bond motifs is 1. The quantitative estimate of drug-likeness (QED) is 0.786. The molecule has 0 saturated carbocycles. The van der Waals surface area contributed by atoms with Crippen molar-refractivity contribution >= 4 is 23.3 Å². The summed E-state index contributed by atoms with van der Waals surface area (Å²) in [5.41, 5.74) is 0.339. The molecule has 0 spiro atoms. The molecule has 136 valence electrons. The fourth-order valence-electron chi connectivity index (χ4n) is 2.49. The molecule has 0 radical (unpaired) electrons. The number of carbonyl (C=O) groups is 2. The first-order valence-electron chi connectivity index (χ1n) is 8.11. The molecule has 0 saturated heterocycles. The molecule has 0 fully saturated rings. The Bertz CT molecular complexity index is 823. The summed E-state index contributed by atoms with van der Waals surface area (Å²) in [6.45, 7) is 1.84. The molecule has 1 heterocycles. The Morgan fingerprint density at radius 1 is 1.23 bits per heavy atom. The zero-order valence-corrected chi connectivity index (χ0v) is 14.9. The van der Waals surface area contributed by atoms with Crippen LogP contribution in [0.2, 0.25) is 5.02 Å². The van der Waals surface area contributed by atoms with Gasteiger partial charge in [-0.25, -0.2) is 0 Å². The van der Waals surface area contributed by atoms with Gasteiger partial charge in [-0.2, -0.15) is 0 Å². The number of rotatable bonds is 6. The molecule has 2 aromatic carbocycles. The van der Waals surface area contributed by atoms with Gasteiger partial charge < -0.3 is 19.5 Å². The number of amides is 1. The van der Waals surface area contributed by atoms with E-state index in [1.54, 1.807) is 12.1 Å². The van der Waals surface area contributed by atoms with Crippen molar-refractivity contribution in [1.82, 2.24) is 5.32 Å². The molecule has 6 nitrogen and oxygen atoms in total. The highest BCUT2D eigenvalue weighted by Gasteiger charge is 2.21. The maximum absolute atomic E-state index is 12.0. The van der Waals surface area contributed by atoms with E-state index in [2.05, 4.69) is 5.32 Å². The zero-order valence-electron chi connectivity index (χ0n) is 14.2. The number of para-hydroxylation sites is 2. The average molecular weight is 376 g/mol. The van der Waals surface area contributed by atoms with Crippen molar-refractivity contribution in [3.8, 4) is 17.2 Å². The Hall–Kier alpha value is -2.73. The van der Waals surface area contributed by atoms with Crippen LogP contribution in [0.15, 0.2) is 42.5 Å². The second-order valence-corrected chi connectivity index (χ2v) is 6.22. The zero-order chi connectivity index (χ0) is 18.5. The van der Waals surface area contributed by atoms with Crippen LogP contribution in [0.4, 0.5) is 0 Å². The van der Waals surface area contributed by atoms with Crippen molar-refractivity contribution in [2.75, 3.05) is 19.8 Å². The molecule has 1 aliphatic heterocycles. The molecule has 0 aliphatic carbocycles. The molecular formula is C19H18ClNO5. The Labute approximate surface area is 156 Å². The summed E-state index contributed by atoms with van der Waals surface area (Å²) in [5, 5.41) is 3.17. The summed E-state index contributed by atoms with van der Waals surface area (Å²) >= 11 is 5.88. The smallest absolute Gasteiger partial charge is 0.258 e. The van der Waals surface area contributed by atoms with Gasteiger partial charge in [0.15, 0.2) is 23.9 Å². The monoisotopic (exact) mass is 375 g/mol. The van der Waals surface area contributed by atoms with Crippen molar-refractivity contribution < 1.29 is 23.8 Å². The third-order valence-corrected chi connectivity index (χ3v) is 4.01. The summed E-state index contributed by atoms with van der Waals surface area (Å²) in [4.78, 5) is 23.6. The minimum atomic E-state index is -0.322. The van der Waals surface area contributed by atoms with Crippen molar-refractivity contribution in [3.63, 3.8) is 0 Å². The Morgan fingerprint density at radius 2 is 2.00 bits per heavy atom. The third kappa shape index (κ3) is 4.46. The van der Waals surface area contributed by atoms with E-state index in [1.807, 2.05) is 24.3 Å². The van der Waals surface area contributed by atoms with E-state index in [9.17, 15) is 9.59 Å². The highest BCUT2D eigenvalue weighted by atomic mass is 35.5. The molecule has 1 aliphatic rings. The third-order valence-electron chi connectivity index (χ3n) is 3.77. The SMILES string of the molecule is CC(=O)c1cc(Cl)ccc1OCC(=O)NC[C@@H]1COc2ccccc2O1. The van der Waals surface area contributed by atoms with Crippen LogP contribution in [0.1, 0.15) is 17.3 Å². The first kappa shape index (κ1) is 18.1. The van der Waals surface area contributed by atoms with E-state index in [4.69, 9.17) is 25.8 Å². The topological polar surface area (TPSA) is 73.9 Å². The van der Waals surface area contributed by atoms with Crippen LogP contribution in [0, 0.1) is 0 Å². The first-order chi connectivity index (χ1) is 12.5. The fraction of sp³-hybridized carbons (Fsp3) is 0.263. The molecule has 26 heavy (non-hydrogen) atoms. The number of ether oxygens (including phenoxy) is 3. The standard InChI is InChI=1S/C19H18ClNO5/c1-12(22)15-8-13(20)6-7-16(15)25-11-19(23)21-9-14-10-24-17-4-2-3-5-18(17)26-14/h2-8,14H,9-11H2,1H3,(H,21,23)/t14-/m1/s1. The number of benzene rings is 2. The Balaban J connectivity index is 1.49. The summed E-state index contributed by atoms with van der Waals surface area (Å²) in [6.07, 6.45) is -0.280. The number of hydrogen-bond donors (Lipinski definition) is 1. The Morgan fingerprint density at radius 3 is 2.77 bits per heavy atom. The van der Waals surface area contributed by atoms with Gasteiger partial charge in [-0.05, 0) is 37.3 Å². The maximum atomic E-state index is 12.0. The lowest BCUT2D eigenvalue weighted by atomic mass is 10.1. The lowest BCUT2D eigenvalue weighted by Crippen LogP contribution is -2.42. The molecule has 7 heteroatoms. The predicted molar refractivity (Wildman–Crippen MR) is 96.3 cm³/mol. The van der Waals surface area contributed by atoms with E-state index < -0.39 is 0 Å². The summed E-state index contributed by atoms with van der Waals surface area (Å²) < 4.78 is 16.8. The largest absolute Gasteiger partial charge is 0.486 e. The van der Waals surface area contributed by atoms with E-state index >= 15 is 0 Å². The van der Waals surface area contributed by atoms with Gasteiger partial charge in [0, 0.05) is 5.02 Å². The maximum Gasteiger partial charge on any atom is 0.258 e. The number of halogens is 1. The van der Waals surface area contributed by atoms with Crippen LogP contribution >= 0.6 is 11.6 Å². The van der Waals surface area contributed by atoms with Crippen LogP contribution in [-0.2, 0) is 4.79 Å². The van der Waals surface area contributed by atoms with Crippen molar-refractivity contribution in [3.05, 3.63) is 53.1 Å². The predicted octanol–water partition coefficient (Wildman–Crippen LogP) is 2.88. The van der Waals surface area contributed by atoms with Crippen LogP contribution in [-0.4, -0.2) is 37.6 Å². The summed E-state index contributed by atoms with van der Waals surface area (Å²) in [6, 6.07) is 12.1. The van der Waals surface area contributed by atoms with Crippen molar-refractivity contribution in [1.29, 1.82) is 0 Å². The van der Waals surface area contributed by atoms with Gasteiger partial charge >= 0.3 is 0 Å². The van der Waals surface area contributed by atoms with Gasteiger partial charge in [-0.1, -0.05) is 23.7 Å². The highest BCUT2D eigenvalue weighted by molar-refractivity contribution is 6.31. The Kier molecular flexibility index (Phi) is 5.63. The minimum absolute atomic E-state index is 0.186. The molecule has 0 bridgehead atoms. The molecular weight excluding hydrogens is 358 g/mol. The van der Waals surface area contributed by atoms with E-state index in [0.29, 0.717) is 34.4 Å². The lowest BCUT2D eigenvalue weighted by Gasteiger charge is -2.26. The van der Waals surface area contributed by atoms with Crippen LogP contribution < -0.4 is 19.5 Å². The molecule has 1 amide bonds. The van der Waals surface area contributed by atoms with Crippen LogP contribution in [0.25, 0.3) is 0 Å². The molecule has 3 rings (SSSR count). The van der Waals surface area contributed by atoms with Crippen molar-refractivity contribution in [2.45, 2.75) is 13.0 Å². The van der Waals surface area contributed by atoms with E-state index in [1.165, 1.54) is 13.0 Å². The second kappa shape index (κ2) is 8.10. The molecule has 0 unspecified atom stereocenters. The number of Topliss-reactive ketones (excluding diaryl/α,β-unsaturated/α-hetero) is 1. The normalized spacial score (nSPS) is 15.2. The van der Waals surface area contributed by atoms with E-state index in [-0.39, 0.29) is 30.9 Å². The van der Waals surface area contributed by atoms with Gasteiger partial charge in [0.25, 0.3) is 5.91 Å². The number of carbonyl (C=O) groups excluding carboxylic acids is 2. The first-order valence-corrected chi connectivity index (χ1v) is 8.49. The van der Waals surface area contributed by atoms with Crippen LogP contribution in [0.3, 0.4) is 0 Å². The van der Waals surface area contributed by atoms with Crippen LogP contribution in [0.5, 0.6) is 17.2 Å². The number of nitrogens with one attached hydrogen (secondary N) is 1. The molecule has 1 atom stereocenters. The highest BCUT2D eigenvalue weighted by Crippen LogP contribution is 2.30. The lowest BCUT2D eigenvalue weighted by molar-refractivity contribution is -0.123. The fourth-order valence-corrected chi connectivity index (χ4v) is 2.66. The van der Waals surface area contributed by atoms with Gasteiger partial charge in [-0.15, -0.1) is 0 Å². The number of hydrogen-bond acceptors (Lipinski definition) is 5. The van der Waals surface area contributed by atoms with Gasteiger partial charge in [-0.3, -0.25) is 9.59 Å². The molecule has 0 aromatic heterocycles. The second-order valence-electron chi connectivity index (χ2n) is 5.79. The van der Waals surface area contributed by atoms with Gasteiger partial charge in [0.1, 0.15) is 18.5 Å². The van der Waals surface area contributed by atoms with Gasteiger partial charge in [0.05, 0.1) is 12.1 Å². The molecule has 2 aromatic rings. The molecule has 1 N–H and O–H groups in total. The summed E-state index contributed by atoms with van der Waals surface area (Å²) in [5.74, 6) is 1.16. The minimum Gasteiger partial charge on any atom is -0.486 e. The number of ketones is 1. The van der Waals surface area contributed by atoms with Crippen molar-refractivity contribution in [2.24, 2.45) is 0 Å². The summed E-state index contributed by atoms with van der Waals surface area (Å²) in [7, 11) is 0. The average Bonchev–Trinajstić information content (AvgIpc) is 2.65.